The van der Waals surface area contributed by atoms with Crippen LogP contribution in [-0.4, -0.2) is 49.2 Å². The largest absolute Gasteiger partial charge is 0.481 e. The molecule has 8 nitrogen and oxygen atoms in total. The Balaban J connectivity index is 5.46. The van der Waals surface area contributed by atoms with Gasteiger partial charge >= 0.3 is 17.9 Å². The summed E-state index contributed by atoms with van der Waals surface area (Å²) in [6.07, 6.45) is -1.46. The molecule has 4 N–H and O–H groups in total. The van der Waals surface area contributed by atoms with Crippen molar-refractivity contribution in [1.29, 1.82) is 0 Å². The monoisotopic (exact) mass is 254 g/mol. The van der Waals surface area contributed by atoms with Crippen LogP contribution in [0.4, 0.5) is 0 Å². The van der Waals surface area contributed by atoms with E-state index in [-0.39, 0.29) is 0 Å². The Bertz CT molecular complexity index is 336. The molecule has 0 fully saturated rings. The van der Waals surface area contributed by atoms with Crippen molar-refractivity contribution in [2.45, 2.75) is 12.0 Å². The van der Waals surface area contributed by atoms with Gasteiger partial charge in [0, 0.05) is 0 Å². The third-order valence-electron chi connectivity index (χ3n) is 1.74. The zero-order valence-electron chi connectivity index (χ0n) is 7.58. The van der Waals surface area contributed by atoms with E-state index in [1.54, 1.807) is 0 Å². The molecule has 0 aromatic carbocycles. The maximum Gasteiger partial charge on any atom is 0.337 e. The fourth-order valence-corrected chi connectivity index (χ4v) is 1.29. The maximum absolute atomic E-state index is 10.7. The van der Waals surface area contributed by atoms with E-state index in [0.717, 1.165) is 0 Å². The minimum Gasteiger partial charge on any atom is -0.481 e. The fourth-order valence-electron chi connectivity index (χ4n) is 1.02. The number of carbonyl (C=O) groups is 4. The lowest BCUT2D eigenvalue weighted by Crippen LogP contribution is -2.53. The van der Waals surface area contributed by atoms with Crippen LogP contribution in [0.1, 0.15) is 6.42 Å². The number of carboxylic acids is 3. The van der Waals surface area contributed by atoms with Gasteiger partial charge < -0.3 is 20.4 Å². The molecular formula is C7H7ClO8. The molecule has 0 saturated heterocycles. The fraction of sp³-hybridized carbons (Fsp3) is 0.429. The van der Waals surface area contributed by atoms with Gasteiger partial charge in [0.15, 0.2) is 11.5 Å². The topological polar surface area (TPSA) is 149 Å². The SMILES string of the molecule is O=C(O)CC(O)(C(=O)O)C(C(=O)O)C(=O)Cl. The first kappa shape index (κ1) is 14.3. The molecule has 16 heavy (non-hydrogen) atoms. The Kier molecular flexibility index (Phi) is 4.39. The van der Waals surface area contributed by atoms with Crippen molar-refractivity contribution in [3.63, 3.8) is 0 Å². The van der Waals surface area contributed by atoms with Crippen LogP contribution in [0.15, 0.2) is 0 Å². The molecule has 0 rings (SSSR count). The minimum atomic E-state index is -3.28. The second kappa shape index (κ2) is 4.90. The number of carboxylic acid groups (broad SMARTS) is 3. The molecule has 2 unspecified atom stereocenters. The van der Waals surface area contributed by atoms with Gasteiger partial charge in [-0.25, -0.2) is 4.79 Å². The number of aliphatic hydroxyl groups is 1. The Morgan fingerprint density at radius 3 is 1.75 bits per heavy atom. The van der Waals surface area contributed by atoms with Crippen LogP contribution in [0.5, 0.6) is 0 Å². The van der Waals surface area contributed by atoms with Crippen molar-refractivity contribution in [3.05, 3.63) is 0 Å². The van der Waals surface area contributed by atoms with Gasteiger partial charge in [0.2, 0.25) is 5.24 Å². The van der Waals surface area contributed by atoms with Gasteiger partial charge in [0.05, 0.1) is 6.42 Å². The highest BCUT2D eigenvalue weighted by molar-refractivity contribution is 6.65. The van der Waals surface area contributed by atoms with Gasteiger partial charge in [-0.3, -0.25) is 14.4 Å². The molecule has 90 valence electrons. The van der Waals surface area contributed by atoms with Crippen molar-refractivity contribution >= 4 is 34.8 Å². The number of rotatable bonds is 6. The van der Waals surface area contributed by atoms with Crippen molar-refractivity contribution in [3.8, 4) is 0 Å². The van der Waals surface area contributed by atoms with E-state index in [2.05, 4.69) is 0 Å². The van der Waals surface area contributed by atoms with Crippen molar-refractivity contribution < 1.29 is 39.6 Å². The van der Waals surface area contributed by atoms with Gasteiger partial charge in [-0.15, -0.1) is 0 Å². The van der Waals surface area contributed by atoms with Gasteiger partial charge in [-0.1, -0.05) is 0 Å². The Hall–Kier alpha value is -1.67. The summed E-state index contributed by atoms with van der Waals surface area (Å²) in [5, 5.41) is 33.1. The number of carbonyl (C=O) groups excluding carboxylic acids is 1. The van der Waals surface area contributed by atoms with Crippen LogP contribution in [0.2, 0.25) is 0 Å². The summed E-state index contributed by atoms with van der Waals surface area (Å²) in [7, 11) is 0. The van der Waals surface area contributed by atoms with E-state index in [9.17, 15) is 24.3 Å². The number of halogens is 1. The summed E-state index contributed by atoms with van der Waals surface area (Å²) in [5.41, 5.74) is -3.28. The summed E-state index contributed by atoms with van der Waals surface area (Å²) in [5.74, 6) is -8.51. The van der Waals surface area contributed by atoms with Crippen LogP contribution < -0.4 is 0 Å². The van der Waals surface area contributed by atoms with Crippen LogP contribution in [-0.2, 0) is 19.2 Å². The predicted molar refractivity (Wildman–Crippen MR) is 46.8 cm³/mol. The summed E-state index contributed by atoms with van der Waals surface area (Å²) < 4.78 is 0. The first-order chi connectivity index (χ1) is 7.12. The lowest BCUT2D eigenvalue weighted by Gasteiger charge is -2.25. The standard InChI is InChI=1S/C7H7ClO8/c8-4(11)3(5(12)13)7(16,6(14)15)1-2(9)10/h3,16H,1H2,(H,9,10)(H,12,13)(H,14,15). The van der Waals surface area contributed by atoms with E-state index in [4.69, 9.17) is 26.9 Å². The van der Waals surface area contributed by atoms with Gasteiger partial charge in [-0.05, 0) is 11.6 Å². The third kappa shape index (κ3) is 2.91. The van der Waals surface area contributed by atoms with Crippen LogP contribution in [0, 0.1) is 5.92 Å². The van der Waals surface area contributed by atoms with Crippen molar-refractivity contribution in [1.82, 2.24) is 0 Å². The smallest absolute Gasteiger partial charge is 0.337 e. The van der Waals surface area contributed by atoms with Crippen molar-refractivity contribution in [2.75, 3.05) is 0 Å². The third-order valence-corrected chi connectivity index (χ3v) is 1.96. The van der Waals surface area contributed by atoms with E-state index < -0.39 is 41.1 Å². The van der Waals surface area contributed by atoms with E-state index in [1.807, 2.05) is 0 Å². The zero-order valence-corrected chi connectivity index (χ0v) is 8.34. The highest BCUT2D eigenvalue weighted by Gasteiger charge is 2.53. The molecule has 0 heterocycles. The molecule has 0 aromatic rings. The predicted octanol–water partition coefficient (Wildman–Crippen LogP) is -1.26. The first-order valence-electron chi connectivity index (χ1n) is 3.72. The van der Waals surface area contributed by atoms with Crippen LogP contribution in [0.25, 0.3) is 0 Å². The molecule has 0 saturated carbocycles. The number of hydrogen-bond donors (Lipinski definition) is 4. The quantitative estimate of drug-likeness (QED) is 0.339. The molecule has 0 spiro atoms. The molecule has 0 amide bonds. The molecule has 0 aliphatic heterocycles. The second-order valence-corrected chi connectivity index (χ2v) is 3.25. The Labute approximate surface area is 93.1 Å². The maximum atomic E-state index is 10.7. The van der Waals surface area contributed by atoms with Gasteiger partial charge in [-0.2, -0.15) is 0 Å². The molecule has 0 radical (unpaired) electrons. The van der Waals surface area contributed by atoms with E-state index in [0.29, 0.717) is 0 Å². The van der Waals surface area contributed by atoms with E-state index in [1.165, 1.54) is 0 Å². The molecule has 0 aliphatic rings. The zero-order chi connectivity index (χ0) is 13.1. The molecule has 2 atom stereocenters. The highest BCUT2D eigenvalue weighted by atomic mass is 35.5. The molecular weight excluding hydrogens is 248 g/mol. The lowest BCUT2D eigenvalue weighted by atomic mass is 9.85. The molecule has 0 aliphatic carbocycles. The lowest BCUT2D eigenvalue weighted by molar-refractivity contribution is -0.179. The van der Waals surface area contributed by atoms with Crippen LogP contribution >= 0.6 is 11.6 Å². The summed E-state index contributed by atoms with van der Waals surface area (Å²) in [6.45, 7) is 0. The Morgan fingerprint density at radius 1 is 1.12 bits per heavy atom. The summed E-state index contributed by atoms with van der Waals surface area (Å²) >= 11 is 4.81. The molecule has 0 aromatic heterocycles. The minimum absolute atomic E-state index is 1.46. The second-order valence-electron chi connectivity index (χ2n) is 2.88. The average molecular weight is 255 g/mol. The van der Waals surface area contributed by atoms with E-state index >= 15 is 0 Å². The summed E-state index contributed by atoms with van der Waals surface area (Å²) in [4.78, 5) is 42.2. The van der Waals surface area contributed by atoms with Gasteiger partial charge in [0.1, 0.15) is 0 Å². The number of aliphatic carboxylic acids is 3. The molecule has 0 bridgehead atoms. The number of hydrogen-bond acceptors (Lipinski definition) is 5. The highest BCUT2D eigenvalue weighted by Crippen LogP contribution is 2.25. The van der Waals surface area contributed by atoms with Gasteiger partial charge in [0.25, 0.3) is 0 Å². The first-order valence-corrected chi connectivity index (χ1v) is 4.10. The van der Waals surface area contributed by atoms with Crippen LogP contribution in [0.3, 0.4) is 0 Å². The van der Waals surface area contributed by atoms with Crippen molar-refractivity contribution in [2.24, 2.45) is 5.92 Å². The molecule has 9 heteroatoms. The summed E-state index contributed by atoms with van der Waals surface area (Å²) in [6, 6.07) is 0. The average Bonchev–Trinajstić information content (AvgIpc) is 1.99. The normalized spacial score (nSPS) is 15.9. The Morgan fingerprint density at radius 2 is 1.56 bits per heavy atom.